The van der Waals surface area contributed by atoms with Crippen molar-refractivity contribution in [3.8, 4) is 22.6 Å². The zero-order valence-corrected chi connectivity index (χ0v) is 11.0. The lowest BCUT2D eigenvalue weighted by Crippen LogP contribution is -2.17. The van der Waals surface area contributed by atoms with Gasteiger partial charge in [0.05, 0.1) is 12.3 Å². The Morgan fingerprint density at radius 3 is 2.68 bits per heavy atom. The summed E-state index contributed by atoms with van der Waals surface area (Å²) in [6.07, 6.45) is 0. The predicted octanol–water partition coefficient (Wildman–Crippen LogP) is 3.56. The van der Waals surface area contributed by atoms with Gasteiger partial charge < -0.3 is 14.8 Å². The Kier molecular flexibility index (Phi) is 3.27. The Bertz CT molecular complexity index is 563. The molecule has 0 radical (unpaired) electrons. The van der Waals surface area contributed by atoms with E-state index in [1.807, 2.05) is 19.1 Å². The topological polar surface area (TPSA) is 30.5 Å². The number of hydrogen-bond acceptors (Lipinski definition) is 3. The molecule has 19 heavy (non-hydrogen) atoms. The van der Waals surface area contributed by atoms with Gasteiger partial charge in [0, 0.05) is 6.54 Å². The molecule has 1 N–H and O–H groups in total. The van der Waals surface area contributed by atoms with Crippen molar-refractivity contribution in [3.05, 3.63) is 42.5 Å². The first-order chi connectivity index (χ1) is 9.36. The summed E-state index contributed by atoms with van der Waals surface area (Å²) < 4.78 is 11.1. The van der Waals surface area contributed by atoms with Crippen LogP contribution in [0.2, 0.25) is 0 Å². The molecule has 0 spiro atoms. The Morgan fingerprint density at radius 1 is 1.11 bits per heavy atom. The zero-order chi connectivity index (χ0) is 13.1. The number of rotatable bonds is 3. The van der Waals surface area contributed by atoms with Crippen LogP contribution in [-0.4, -0.2) is 19.8 Å². The molecule has 2 aromatic carbocycles. The van der Waals surface area contributed by atoms with Gasteiger partial charge in [-0.2, -0.15) is 0 Å². The minimum Gasteiger partial charge on any atom is -0.494 e. The van der Waals surface area contributed by atoms with E-state index in [1.165, 1.54) is 5.56 Å². The van der Waals surface area contributed by atoms with E-state index >= 15 is 0 Å². The van der Waals surface area contributed by atoms with Crippen molar-refractivity contribution in [2.75, 3.05) is 25.1 Å². The summed E-state index contributed by atoms with van der Waals surface area (Å²) in [5.74, 6) is 1.83. The fraction of sp³-hybridized carbons (Fsp3) is 0.250. The van der Waals surface area contributed by atoms with Crippen LogP contribution in [0.15, 0.2) is 42.5 Å². The molecule has 0 unspecified atom stereocenters. The molecule has 0 fully saturated rings. The van der Waals surface area contributed by atoms with E-state index in [0.29, 0.717) is 6.61 Å². The lowest BCUT2D eigenvalue weighted by Gasteiger charge is -2.19. The van der Waals surface area contributed by atoms with E-state index in [9.17, 15) is 0 Å². The molecule has 1 aliphatic heterocycles. The molecule has 0 aliphatic carbocycles. The second-order valence-corrected chi connectivity index (χ2v) is 4.44. The van der Waals surface area contributed by atoms with E-state index in [0.717, 1.165) is 35.9 Å². The van der Waals surface area contributed by atoms with Gasteiger partial charge in [0.2, 0.25) is 0 Å². The standard InChI is InChI=1S/C16H17NO2/c1-2-18-14-6-3-12(4-7-14)13-5-8-15-16(11-13)19-10-9-17-15/h3-8,11,17H,2,9-10H2,1H3. The minimum atomic E-state index is 0.692. The highest BCUT2D eigenvalue weighted by atomic mass is 16.5. The largest absolute Gasteiger partial charge is 0.494 e. The third-order valence-electron chi connectivity index (χ3n) is 3.16. The van der Waals surface area contributed by atoms with Gasteiger partial charge in [-0.05, 0) is 42.3 Å². The third-order valence-corrected chi connectivity index (χ3v) is 3.16. The van der Waals surface area contributed by atoms with Gasteiger partial charge in [0.1, 0.15) is 18.1 Å². The van der Waals surface area contributed by atoms with Crippen LogP contribution < -0.4 is 14.8 Å². The summed E-state index contributed by atoms with van der Waals surface area (Å²) in [7, 11) is 0. The van der Waals surface area contributed by atoms with Crippen LogP contribution >= 0.6 is 0 Å². The van der Waals surface area contributed by atoms with Crippen molar-refractivity contribution < 1.29 is 9.47 Å². The molecule has 0 saturated carbocycles. The van der Waals surface area contributed by atoms with Crippen molar-refractivity contribution in [2.45, 2.75) is 6.92 Å². The Labute approximate surface area is 113 Å². The monoisotopic (exact) mass is 255 g/mol. The van der Waals surface area contributed by atoms with Gasteiger partial charge in [-0.3, -0.25) is 0 Å². The molecule has 3 heteroatoms. The van der Waals surface area contributed by atoms with Crippen LogP contribution in [-0.2, 0) is 0 Å². The van der Waals surface area contributed by atoms with Crippen LogP contribution in [0.5, 0.6) is 11.5 Å². The number of hydrogen-bond donors (Lipinski definition) is 1. The molecule has 0 atom stereocenters. The van der Waals surface area contributed by atoms with E-state index in [2.05, 4.69) is 35.6 Å². The molecular formula is C16H17NO2. The Hall–Kier alpha value is -2.16. The number of benzene rings is 2. The van der Waals surface area contributed by atoms with Crippen LogP contribution in [0.4, 0.5) is 5.69 Å². The van der Waals surface area contributed by atoms with Gasteiger partial charge >= 0.3 is 0 Å². The number of nitrogens with one attached hydrogen (secondary N) is 1. The predicted molar refractivity (Wildman–Crippen MR) is 77.0 cm³/mol. The molecule has 2 aromatic rings. The minimum absolute atomic E-state index is 0.692. The molecule has 0 aromatic heterocycles. The van der Waals surface area contributed by atoms with E-state index < -0.39 is 0 Å². The average Bonchev–Trinajstić information content (AvgIpc) is 2.48. The highest BCUT2D eigenvalue weighted by Crippen LogP contribution is 2.33. The second kappa shape index (κ2) is 5.22. The summed E-state index contributed by atoms with van der Waals surface area (Å²) in [6.45, 7) is 4.27. The quantitative estimate of drug-likeness (QED) is 0.909. The van der Waals surface area contributed by atoms with Gasteiger partial charge in [0.15, 0.2) is 0 Å². The fourth-order valence-electron chi connectivity index (χ4n) is 2.22. The molecule has 1 heterocycles. The summed E-state index contributed by atoms with van der Waals surface area (Å²) in [6, 6.07) is 14.4. The van der Waals surface area contributed by atoms with Crippen molar-refractivity contribution in [3.63, 3.8) is 0 Å². The second-order valence-electron chi connectivity index (χ2n) is 4.44. The van der Waals surface area contributed by atoms with Gasteiger partial charge in [0.25, 0.3) is 0 Å². The SMILES string of the molecule is CCOc1ccc(-c2ccc3c(c2)OCCN3)cc1. The molecule has 98 valence electrons. The maximum Gasteiger partial charge on any atom is 0.143 e. The first kappa shape index (κ1) is 11.9. The zero-order valence-electron chi connectivity index (χ0n) is 11.0. The maximum atomic E-state index is 5.66. The van der Waals surface area contributed by atoms with Crippen LogP contribution in [0.3, 0.4) is 0 Å². The Balaban J connectivity index is 1.89. The average molecular weight is 255 g/mol. The number of ether oxygens (including phenoxy) is 2. The highest BCUT2D eigenvalue weighted by molar-refractivity contribution is 5.71. The Morgan fingerprint density at radius 2 is 1.89 bits per heavy atom. The molecule has 1 aliphatic rings. The first-order valence-corrected chi connectivity index (χ1v) is 6.61. The number of fused-ring (bicyclic) bond motifs is 1. The summed E-state index contributed by atoms with van der Waals surface area (Å²) in [5, 5.41) is 3.32. The lowest BCUT2D eigenvalue weighted by molar-refractivity contribution is 0.323. The van der Waals surface area contributed by atoms with E-state index in [-0.39, 0.29) is 0 Å². The van der Waals surface area contributed by atoms with Crippen molar-refractivity contribution in [1.82, 2.24) is 0 Å². The van der Waals surface area contributed by atoms with E-state index in [1.54, 1.807) is 0 Å². The van der Waals surface area contributed by atoms with Crippen LogP contribution in [0.1, 0.15) is 6.92 Å². The highest BCUT2D eigenvalue weighted by Gasteiger charge is 2.10. The fourth-order valence-corrected chi connectivity index (χ4v) is 2.22. The molecule has 0 bridgehead atoms. The lowest BCUT2D eigenvalue weighted by atomic mass is 10.0. The van der Waals surface area contributed by atoms with E-state index in [4.69, 9.17) is 9.47 Å². The van der Waals surface area contributed by atoms with Crippen molar-refractivity contribution >= 4 is 5.69 Å². The molecule has 3 nitrogen and oxygen atoms in total. The van der Waals surface area contributed by atoms with Gasteiger partial charge in [-0.15, -0.1) is 0 Å². The first-order valence-electron chi connectivity index (χ1n) is 6.61. The molecular weight excluding hydrogens is 238 g/mol. The van der Waals surface area contributed by atoms with Crippen LogP contribution in [0, 0.1) is 0 Å². The summed E-state index contributed by atoms with van der Waals surface area (Å²) >= 11 is 0. The molecule has 3 rings (SSSR count). The van der Waals surface area contributed by atoms with Gasteiger partial charge in [-0.25, -0.2) is 0 Å². The van der Waals surface area contributed by atoms with Gasteiger partial charge in [-0.1, -0.05) is 18.2 Å². The molecule has 0 saturated heterocycles. The summed E-state index contributed by atoms with van der Waals surface area (Å²) in [4.78, 5) is 0. The smallest absolute Gasteiger partial charge is 0.143 e. The van der Waals surface area contributed by atoms with Crippen molar-refractivity contribution in [1.29, 1.82) is 0 Å². The van der Waals surface area contributed by atoms with Crippen molar-refractivity contribution in [2.24, 2.45) is 0 Å². The number of anilines is 1. The van der Waals surface area contributed by atoms with Crippen LogP contribution in [0.25, 0.3) is 11.1 Å². The maximum absolute atomic E-state index is 5.66. The summed E-state index contributed by atoms with van der Waals surface area (Å²) in [5.41, 5.74) is 3.40. The third kappa shape index (κ3) is 2.50. The molecule has 0 amide bonds. The normalized spacial score (nSPS) is 13.1.